The molecular formula is C10H18O3. The van der Waals surface area contributed by atoms with E-state index in [1.54, 1.807) is 0 Å². The summed E-state index contributed by atoms with van der Waals surface area (Å²) in [6.45, 7) is 6.49. The first kappa shape index (κ1) is 10.7. The number of hydrogen-bond donors (Lipinski definition) is 0. The van der Waals surface area contributed by atoms with Crippen molar-refractivity contribution in [1.29, 1.82) is 0 Å². The summed E-state index contributed by atoms with van der Waals surface area (Å²) in [4.78, 5) is 10.1. The van der Waals surface area contributed by atoms with E-state index in [4.69, 9.17) is 9.47 Å². The van der Waals surface area contributed by atoms with Crippen LogP contribution in [0.3, 0.4) is 0 Å². The largest absolute Gasteiger partial charge is 0.348 e. The number of rotatable bonds is 4. The molecule has 0 aliphatic carbocycles. The van der Waals surface area contributed by atoms with Crippen molar-refractivity contribution in [3.05, 3.63) is 0 Å². The molecule has 0 aromatic heterocycles. The Morgan fingerprint density at radius 1 is 1.38 bits per heavy atom. The highest BCUT2D eigenvalue weighted by molar-refractivity contribution is 5.48. The Labute approximate surface area is 79.4 Å². The Bertz CT molecular complexity index is 189. The zero-order valence-corrected chi connectivity index (χ0v) is 8.63. The molecule has 0 spiro atoms. The van der Waals surface area contributed by atoms with Crippen LogP contribution in [0.2, 0.25) is 0 Å². The van der Waals surface area contributed by atoms with Gasteiger partial charge >= 0.3 is 0 Å². The maximum absolute atomic E-state index is 10.1. The fourth-order valence-electron chi connectivity index (χ4n) is 1.66. The molecule has 0 bridgehead atoms. The van der Waals surface area contributed by atoms with Gasteiger partial charge in [-0.15, -0.1) is 0 Å². The third-order valence-corrected chi connectivity index (χ3v) is 2.24. The van der Waals surface area contributed by atoms with E-state index < -0.39 is 5.79 Å². The second kappa shape index (κ2) is 3.76. The summed E-state index contributed by atoms with van der Waals surface area (Å²) in [6, 6.07) is 0. The highest BCUT2D eigenvalue weighted by Crippen LogP contribution is 2.33. The van der Waals surface area contributed by atoms with Crippen LogP contribution in [-0.4, -0.2) is 24.3 Å². The van der Waals surface area contributed by atoms with E-state index in [0.29, 0.717) is 13.0 Å². The van der Waals surface area contributed by atoms with Gasteiger partial charge in [-0.1, -0.05) is 0 Å². The number of unbranched alkanes of at least 4 members (excludes halogenated alkanes) is 1. The van der Waals surface area contributed by atoms with Gasteiger partial charge in [0.05, 0.1) is 12.2 Å². The molecule has 13 heavy (non-hydrogen) atoms. The van der Waals surface area contributed by atoms with Crippen LogP contribution in [-0.2, 0) is 14.3 Å². The zero-order chi connectivity index (χ0) is 9.95. The van der Waals surface area contributed by atoms with E-state index in [1.165, 1.54) is 0 Å². The predicted octanol–water partition coefficient (Wildman–Crippen LogP) is 1.90. The van der Waals surface area contributed by atoms with E-state index in [-0.39, 0.29) is 5.60 Å². The first-order valence-corrected chi connectivity index (χ1v) is 4.75. The van der Waals surface area contributed by atoms with E-state index in [0.717, 1.165) is 19.1 Å². The fraction of sp³-hybridized carbons (Fsp3) is 0.900. The molecular weight excluding hydrogens is 168 g/mol. The highest BCUT2D eigenvalue weighted by Gasteiger charge is 2.41. The minimum atomic E-state index is -0.462. The summed E-state index contributed by atoms with van der Waals surface area (Å²) in [5, 5.41) is 0. The van der Waals surface area contributed by atoms with Gasteiger partial charge in [0, 0.05) is 6.42 Å². The van der Waals surface area contributed by atoms with Gasteiger partial charge < -0.3 is 14.3 Å². The average Bonchev–Trinajstić information content (AvgIpc) is 2.27. The normalized spacial score (nSPS) is 31.9. The minimum absolute atomic E-state index is 0.202. The molecule has 1 heterocycles. The van der Waals surface area contributed by atoms with Gasteiger partial charge in [-0.25, -0.2) is 0 Å². The maximum atomic E-state index is 10.1. The van der Waals surface area contributed by atoms with Crippen LogP contribution < -0.4 is 0 Å². The van der Waals surface area contributed by atoms with Crippen molar-refractivity contribution < 1.29 is 14.3 Å². The molecule has 1 fully saturated rings. The summed E-state index contributed by atoms with van der Waals surface area (Å²) in [6.07, 6.45) is 3.32. The molecule has 3 nitrogen and oxygen atoms in total. The van der Waals surface area contributed by atoms with Gasteiger partial charge in [-0.05, 0) is 33.6 Å². The lowest BCUT2D eigenvalue weighted by atomic mass is 10.0. The monoisotopic (exact) mass is 186 g/mol. The van der Waals surface area contributed by atoms with Crippen molar-refractivity contribution in [2.24, 2.45) is 0 Å². The van der Waals surface area contributed by atoms with Gasteiger partial charge in [0.15, 0.2) is 5.79 Å². The van der Waals surface area contributed by atoms with Crippen LogP contribution in [0, 0.1) is 0 Å². The highest BCUT2D eigenvalue weighted by atomic mass is 16.7. The zero-order valence-electron chi connectivity index (χ0n) is 8.63. The molecule has 0 saturated carbocycles. The SMILES string of the molecule is CC1(C)OC[C@](C)(CCCC=O)O1. The smallest absolute Gasteiger partial charge is 0.163 e. The molecule has 1 saturated heterocycles. The lowest BCUT2D eigenvalue weighted by Gasteiger charge is -2.24. The molecule has 1 aliphatic heterocycles. The Morgan fingerprint density at radius 3 is 2.54 bits per heavy atom. The maximum Gasteiger partial charge on any atom is 0.163 e. The molecule has 0 amide bonds. The predicted molar refractivity (Wildman–Crippen MR) is 49.4 cm³/mol. The van der Waals surface area contributed by atoms with Crippen molar-refractivity contribution in [3.8, 4) is 0 Å². The molecule has 0 N–H and O–H groups in total. The lowest BCUT2D eigenvalue weighted by Crippen LogP contribution is -2.30. The quantitative estimate of drug-likeness (QED) is 0.497. The summed E-state index contributed by atoms with van der Waals surface area (Å²) in [7, 11) is 0. The topological polar surface area (TPSA) is 35.5 Å². The lowest BCUT2D eigenvalue weighted by molar-refractivity contribution is -0.158. The van der Waals surface area contributed by atoms with E-state index in [2.05, 4.69) is 0 Å². The molecule has 0 unspecified atom stereocenters. The summed E-state index contributed by atoms with van der Waals surface area (Å²) in [5.74, 6) is -0.462. The number of carbonyl (C=O) groups excluding carboxylic acids is 1. The van der Waals surface area contributed by atoms with Crippen LogP contribution >= 0.6 is 0 Å². The standard InChI is InChI=1S/C10H18O3/c1-9(2)12-8-10(3,13-9)6-4-5-7-11/h7H,4-6,8H2,1-3H3/t10-/m0/s1. The minimum Gasteiger partial charge on any atom is -0.348 e. The molecule has 0 aromatic carbocycles. The average molecular weight is 186 g/mol. The number of aldehydes is 1. The first-order chi connectivity index (χ1) is 5.97. The number of carbonyl (C=O) groups is 1. The Hall–Kier alpha value is -0.410. The van der Waals surface area contributed by atoms with Crippen molar-refractivity contribution in [1.82, 2.24) is 0 Å². The first-order valence-electron chi connectivity index (χ1n) is 4.75. The number of hydrogen-bond acceptors (Lipinski definition) is 3. The van der Waals surface area contributed by atoms with Crippen LogP contribution in [0.5, 0.6) is 0 Å². The second-order valence-electron chi connectivity index (χ2n) is 4.30. The van der Waals surface area contributed by atoms with E-state index >= 15 is 0 Å². The van der Waals surface area contributed by atoms with E-state index in [1.807, 2.05) is 20.8 Å². The van der Waals surface area contributed by atoms with Crippen molar-refractivity contribution >= 4 is 6.29 Å². The summed E-state index contributed by atoms with van der Waals surface area (Å²) in [5.41, 5.74) is -0.202. The number of ether oxygens (including phenoxy) is 2. The molecule has 3 heteroatoms. The van der Waals surface area contributed by atoms with E-state index in [9.17, 15) is 4.79 Å². The van der Waals surface area contributed by atoms with Crippen molar-refractivity contribution in [2.75, 3.05) is 6.61 Å². The summed E-state index contributed by atoms with van der Waals surface area (Å²) >= 11 is 0. The van der Waals surface area contributed by atoms with Gasteiger partial charge in [0.1, 0.15) is 6.29 Å². The molecule has 0 aromatic rings. The van der Waals surface area contributed by atoms with Gasteiger partial charge in [-0.3, -0.25) is 0 Å². The molecule has 0 radical (unpaired) electrons. The third kappa shape index (κ3) is 3.08. The molecule has 1 atom stereocenters. The molecule has 1 rings (SSSR count). The molecule has 76 valence electrons. The van der Waals surface area contributed by atoms with Gasteiger partial charge in [0.2, 0.25) is 0 Å². The summed E-state index contributed by atoms with van der Waals surface area (Å²) < 4.78 is 11.2. The van der Waals surface area contributed by atoms with Crippen LogP contribution in [0.25, 0.3) is 0 Å². The fourth-order valence-corrected chi connectivity index (χ4v) is 1.66. The van der Waals surface area contributed by atoms with Crippen LogP contribution in [0.1, 0.15) is 40.0 Å². The molecule has 1 aliphatic rings. The second-order valence-corrected chi connectivity index (χ2v) is 4.30. The van der Waals surface area contributed by atoms with Gasteiger partial charge in [-0.2, -0.15) is 0 Å². The van der Waals surface area contributed by atoms with Gasteiger partial charge in [0.25, 0.3) is 0 Å². The Morgan fingerprint density at radius 2 is 2.08 bits per heavy atom. The third-order valence-electron chi connectivity index (χ3n) is 2.24. The van der Waals surface area contributed by atoms with Crippen molar-refractivity contribution in [3.63, 3.8) is 0 Å². The van der Waals surface area contributed by atoms with Crippen LogP contribution in [0.15, 0.2) is 0 Å². The Kier molecular flexibility index (Phi) is 3.09. The van der Waals surface area contributed by atoms with Crippen molar-refractivity contribution in [2.45, 2.75) is 51.4 Å². The Balaban J connectivity index is 2.36. The van der Waals surface area contributed by atoms with Crippen LogP contribution in [0.4, 0.5) is 0 Å².